The lowest BCUT2D eigenvalue weighted by Gasteiger charge is -2.28. The summed E-state index contributed by atoms with van der Waals surface area (Å²) < 4.78 is 12.4. The molecule has 2 aliphatic rings. The molecule has 8 nitrogen and oxygen atoms in total. The minimum Gasteiger partial charge on any atom is -0.490 e. The number of rotatable bonds is 7. The van der Waals surface area contributed by atoms with Crippen molar-refractivity contribution >= 4 is 45.8 Å². The van der Waals surface area contributed by atoms with Crippen LogP contribution in [0.1, 0.15) is 39.2 Å². The Labute approximate surface area is 177 Å². The van der Waals surface area contributed by atoms with E-state index >= 15 is 0 Å². The van der Waals surface area contributed by atoms with Crippen molar-refractivity contribution in [2.45, 2.75) is 33.6 Å². The van der Waals surface area contributed by atoms with Gasteiger partial charge in [-0.15, -0.1) is 0 Å². The molecule has 150 valence electrons. The number of carbonyl (C=O) groups is 2. The fourth-order valence-electron chi connectivity index (χ4n) is 3.70. The highest BCUT2D eigenvalue weighted by Crippen LogP contribution is 2.43. The molecule has 0 bridgehead atoms. The molecule has 0 saturated heterocycles. The lowest BCUT2D eigenvalue weighted by atomic mass is 9.73. The zero-order valence-corrected chi connectivity index (χ0v) is 18.4. The van der Waals surface area contributed by atoms with Crippen molar-refractivity contribution in [3.63, 3.8) is 0 Å². The van der Waals surface area contributed by atoms with Gasteiger partial charge in [-0.1, -0.05) is 0 Å². The van der Waals surface area contributed by atoms with E-state index in [4.69, 9.17) is 9.47 Å². The molecule has 2 N–H and O–H groups in total. The first-order chi connectivity index (χ1) is 13.4. The van der Waals surface area contributed by atoms with Gasteiger partial charge in [0.1, 0.15) is 0 Å². The summed E-state index contributed by atoms with van der Waals surface area (Å²) in [5.41, 5.74) is 7.15. The largest absolute Gasteiger partial charge is 0.490 e. The van der Waals surface area contributed by atoms with E-state index in [0.717, 1.165) is 9.13 Å². The second-order valence-electron chi connectivity index (χ2n) is 6.64. The number of hydrogen-bond donors (Lipinski definition) is 2. The second-order valence-corrected chi connectivity index (χ2v) is 7.80. The first kappa shape index (κ1) is 20.6. The van der Waals surface area contributed by atoms with Crippen molar-refractivity contribution in [3.05, 3.63) is 21.3 Å². The lowest BCUT2D eigenvalue weighted by Crippen LogP contribution is -2.38. The molecule has 0 fully saturated rings. The third-order valence-corrected chi connectivity index (χ3v) is 5.67. The predicted octanol–water partition coefficient (Wildman–Crippen LogP) is 2.42. The van der Waals surface area contributed by atoms with Gasteiger partial charge >= 0.3 is 0 Å². The van der Waals surface area contributed by atoms with Crippen LogP contribution in [0, 0.1) is 15.4 Å². The minimum atomic E-state index is -0.567. The topological polar surface area (TPSA) is 101 Å². The average molecular weight is 498 g/mol. The fourth-order valence-corrected chi connectivity index (χ4v) is 4.48. The Morgan fingerprint density at radius 2 is 1.54 bits per heavy atom. The van der Waals surface area contributed by atoms with E-state index in [1.807, 2.05) is 26.0 Å². The maximum absolute atomic E-state index is 12.6. The van der Waals surface area contributed by atoms with E-state index < -0.39 is 17.8 Å². The Balaban J connectivity index is 2.15. The molecule has 2 unspecified atom stereocenters. The summed E-state index contributed by atoms with van der Waals surface area (Å²) in [7, 11) is 0. The standard InChI is InChI=1S/C19H23IN4O4/c1-5-27-13-8-11(7-12(20)17(13)28-6-2)16(14-9(3)21-23-18(14)25)15-10(4)22-24-19(15)26/h7-8,14-16H,5-6H2,1-4H3,(H,23,25)(H,24,26). The van der Waals surface area contributed by atoms with Crippen molar-refractivity contribution < 1.29 is 19.1 Å². The fraction of sp³-hybridized carbons (Fsp3) is 0.474. The van der Waals surface area contributed by atoms with Gasteiger partial charge in [0.25, 0.3) is 0 Å². The molecule has 0 aromatic heterocycles. The van der Waals surface area contributed by atoms with E-state index in [0.29, 0.717) is 36.1 Å². The van der Waals surface area contributed by atoms with Crippen LogP contribution < -0.4 is 20.3 Å². The average Bonchev–Trinajstić information content (AvgIpc) is 3.15. The molecule has 2 aliphatic heterocycles. The number of hydrogen-bond acceptors (Lipinski definition) is 6. The number of benzene rings is 1. The maximum Gasteiger partial charge on any atom is 0.249 e. The van der Waals surface area contributed by atoms with Gasteiger partial charge in [0.2, 0.25) is 11.8 Å². The number of amides is 2. The predicted molar refractivity (Wildman–Crippen MR) is 114 cm³/mol. The maximum atomic E-state index is 12.6. The molecule has 0 aliphatic carbocycles. The molecule has 2 heterocycles. The Morgan fingerprint density at radius 3 is 1.96 bits per heavy atom. The number of ether oxygens (including phenoxy) is 2. The highest BCUT2D eigenvalue weighted by atomic mass is 127. The van der Waals surface area contributed by atoms with E-state index in [2.05, 4.69) is 43.6 Å². The molecule has 0 spiro atoms. The van der Waals surface area contributed by atoms with Crippen LogP contribution in [0.3, 0.4) is 0 Å². The Hall–Kier alpha value is -2.17. The first-order valence-electron chi connectivity index (χ1n) is 9.16. The van der Waals surface area contributed by atoms with Crippen LogP contribution in [0.25, 0.3) is 0 Å². The summed E-state index contributed by atoms with van der Waals surface area (Å²) >= 11 is 2.19. The van der Waals surface area contributed by atoms with Crippen LogP contribution in [-0.2, 0) is 9.59 Å². The van der Waals surface area contributed by atoms with Crippen molar-refractivity contribution in [2.24, 2.45) is 22.0 Å². The third-order valence-electron chi connectivity index (χ3n) is 4.87. The quantitative estimate of drug-likeness (QED) is 0.564. The highest BCUT2D eigenvalue weighted by Gasteiger charge is 2.46. The van der Waals surface area contributed by atoms with E-state index in [1.165, 1.54) is 0 Å². The monoisotopic (exact) mass is 498 g/mol. The summed E-state index contributed by atoms with van der Waals surface area (Å²) in [6.07, 6.45) is 0. The molecule has 3 rings (SSSR count). The minimum absolute atomic E-state index is 0.225. The molecule has 9 heteroatoms. The Bertz CT molecular complexity index is 830. The van der Waals surface area contributed by atoms with Crippen molar-refractivity contribution in [1.29, 1.82) is 0 Å². The number of halogens is 1. The zero-order chi connectivity index (χ0) is 20.4. The molecule has 0 radical (unpaired) electrons. The number of nitrogens with one attached hydrogen (secondary N) is 2. The summed E-state index contributed by atoms with van der Waals surface area (Å²) in [6, 6.07) is 3.80. The molecule has 2 atom stereocenters. The molecule has 28 heavy (non-hydrogen) atoms. The van der Waals surface area contributed by atoms with E-state index in [-0.39, 0.29) is 11.8 Å². The molecule has 1 aromatic rings. The van der Waals surface area contributed by atoms with Crippen LogP contribution in [-0.4, -0.2) is 36.5 Å². The van der Waals surface area contributed by atoms with Gasteiger partial charge in [0, 0.05) is 17.3 Å². The van der Waals surface area contributed by atoms with Gasteiger partial charge in [-0.2, -0.15) is 10.2 Å². The van der Waals surface area contributed by atoms with Crippen LogP contribution in [0.4, 0.5) is 0 Å². The van der Waals surface area contributed by atoms with Crippen molar-refractivity contribution in [1.82, 2.24) is 10.9 Å². The first-order valence-corrected chi connectivity index (χ1v) is 10.2. The summed E-state index contributed by atoms with van der Waals surface area (Å²) in [5, 5.41) is 8.16. The van der Waals surface area contributed by atoms with Gasteiger partial charge in [-0.25, -0.2) is 10.9 Å². The number of carbonyl (C=O) groups excluding carboxylic acids is 2. The van der Waals surface area contributed by atoms with E-state index in [1.54, 1.807) is 13.8 Å². The highest BCUT2D eigenvalue weighted by molar-refractivity contribution is 14.1. The van der Waals surface area contributed by atoms with Crippen LogP contribution in [0.5, 0.6) is 11.5 Å². The molecular formula is C19H23IN4O4. The SMILES string of the molecule is CCOc1cc(C(C2C(=O)NN=C2C)C2C(=O)NN=C2C)cc(I)c1OCC. The van der Waals surface area contributed by atoms with Crippen LogP contribution in [0.2, 0.25) is 0 Å². The Kier molecular flexibility index (Phi) is 6.21. The van der Waals surface area contributed by atoms with Crippen LogP contribution >= 0.6 is 22.6 Å². The lowest BCUT2D eigenvalue weighted by molar-refractivity contribution is -0.125. The molecule has 2 amide bonds. The number of nitrogens with zero attached hydrogens (tertiary/aromatic N) is 2. The van der Waals surface area contributed by atoms with Gasteiger partial charge in [-0.05, 0) is 68.0 Å². The van der Waals surface area contributed by atoms with E-state index in [9.17, 15) is 9.59 Å². The molecule has 1 aromatic carbocycles. The van der Waals surface area contributed by atoms with Gasteiger partial charge in [0.05, 0.1) is 28.6 Å². The smallest absolute Gasteiger partial charge is 0.249 e. The normalized spacial score (nSPS) is 22.3. The van der Waals surface area contributed by atoms with Gasteiger partial charge in [-0.3, -0.25) is 9.59 Å². The molecule has 0 saturated carbocycles. The summed E-state index contributed by atoms with van der Waals surface area (Å²) in [4.78, 5) is 25.2. The second kappa shape index (κ2) is 8.46. The Morgan fingerprint density at radius 1 is 1.00 bits per heavy atom. The van der Waals surface area contributed by atoms with Crippen LogP contribution in [0.15, 0.2) is 22.3 Å². The number of hydrazone groups is 2. The summed E-state index contributed by atoms with van der Waals surface area (Å²) in [5.74, 6) is -0.786. The van der Waals surface area contributed by atoms with Crippen molar-refractivity contribution in [2.75, 3.05) is 13.2 Å². The molecular weight excluding hydrogens is 475 g/mol. The summed E-state index contributed by atoms with van der Waals surface area (Å²) in [6.45, 7) is 8.37. The third kappa shape index (κ3) is 3.71. The van der Waals surface area contributed by atoms with Gasteiger partial charge in [0.15, 0.2) is 11.5 Å². The zero-order valence-electron chi connectivity index (χ0n) is 16.2. The van der Waals surface area contributed by atoms with Gasteiger partial charge < -0.3 is 9.47 Å². The van der Waals surface area contributed by atoms with Crippen molar-refractivity contribution in [3.8, 4) is 11.5 Å².